The molecule has 10 heteroatoms. The Hall–Kier alpha value is -3.76. The van der Waals surface area contributed by atoms with Crippen LogP contribution < -0.4 is 9.62 Å². The fourth-order valence-electron chi connectivity index (χ4n) is 4.04. The van der Waals surface area contributed by atoms with E-state index in [0.717, 1.165) is 31.9 Å². The highest BCUT2D eigenvalue weighted by atomic mass is 32.2. The zero-order valence-corrected chi connectivity index (χ0v) is 23.4. The number of nitrogens with zero attached hydrogens (tertiary/aromatic N) is 3. The highest BCUT2D eigenvalue weighted by Gasteiger charge is 2.34. The van der Waals surface area contributed by atoms with E-state index in [1.165, 1.54) is 31.1 Å². The molecule has 0 aliphatic carbocycles. The van der Waals surface area contributed by atoms with Crippen LogP contribution in [-0.2, 0) is 32.8 Å². The van der Waals surface area contributed by atoms with E-state index in [1.54, 1.807) is 0 Å². The predicted molar refractivity (Wildman–Crippen MR) is 151 cm³/mol. The summed E-state index contributed by atoms with van der Waals surface area (Å²) in [5.74, 6) is -1.46. The molecule has 8 nitrogen and oxygen atoms in total. The summed E-state index contributed by atoms with van der Waals surface area (Å²) in [4.78, 5) is 29.0. The third-order valence-corrected chi connectivity index (χ3v) is 7.85. The Morgan fingerprint density at radius 2 is 1.38 bits per heavy atom. The van der Waals surface area contributed by atoms with Gasteiger partial charge in [0, 0.05) is 33.1 Å². The van der Waals surface area contributed by atoms with E-state index in [9.17, 15) is 22.4 Å². The summed E-state index contributed by atoms with van der Waals surface area (Å²) in [6.07, 6.45) is 0.231. The lowest BCUT2D eigenvalue weighted by Gasteiger charge is -2.34. The van der Waals surface area contributed by atoms with E-state index in [4.69, 9.17) is 0 Å². The Morgan fingerprint density at radius 3 is 1.90 bits per heavy atom. The van der Waals surface area contributed by atoms with E-state index in [1.807, 2.05) is 74.5 Å². The van der Waals surface area contributed by atoms with Crippen molar-refractivity contribution >= 4 is 27.7 Å². The second-order valence-corrected chi connectivity index (χ2v) is 11.7. The van der Waals surface area contributed by atoms with Gasteiger partial charge < -0.3 is 10.2 Å². The Morgan fingerprint density at radius 1 is 0.846 bits per heavy atom. The summed E-state index contributed by atoms with van der Waals surface area (Å²) in [6, 6.07) is 22.3. The molecule has 0 saturated heterocycles. The minimum absolute atomic E-state index is 0.0853. The summed E-state index contributed by atoms with van der Waals surface area (Å²) < 4.78 is 42.1. The summed E-state index contributed by atoms with van der Waals surface area (Å²) in [5, 5.41) is 2.91. The summed E-state index contributed by atoms with van der Waals surface area (Å²) in [5.41, 5.74) is 1.76. The van der Waals surface area contributed by atoms with Crippen molar-refractivity contribution in [2.24, 2.45) is 0 Å². The van der Waals surface area contributed by atoms with Crippen LogP contribution in [0.25, 0.3) is 0 Å². The summed E-state index contributed by atoms with van der Waals surface area (Å²) in [6.45, 7) is 3.17. The number of hydrogen-bond donors (Lipinski definition) is 1. The molecule has 0 bridgehead atoms. The topological polar surface area (TPSA) is 90.0 Å². The molecule has 39 heavy (non-hydrogen) atoms. The molecule has 0 heterocycles. The van der Waals surface area contributed by atoms with Crippen LogP contribution in [-0.4, -0.2) is 62.2 Å². The van der Waals surface area contributed by atoms with Gasteiger partial charge in [0.25, 0.3) is 0 Å². The van der Waals surface area contributed by atoms with Gasteiger partial charge in [0.15, 0.2) is 0 Å². The number of carbonyl (C=O) groups is 2. The van der Waals surface area contributed by atoms with E-state index >= 15 is 0 Å². The van der Waals surface area contributed by atoms with Gasteiger partial charge >= 0.3 is 10.2 Å². The van der Waals surface area contributed by atoms with Crippen LogP contribution in [0.2, 0.25) is 0 Å². The van der Waals surface area contributed by atoms with Crippen LogP contribution in [0, 0.1) is 5.82 Å². The first-order valence-corrected chi connectivity index (χ1v) is 14.0. The van der Waals surface area contributed by atoms with Crippen LogP contribution in [0.5, 0.6) is 0 Å². The molecule has 0 fully saturated rings. The maximum absolute atomic E-state index is 14.0. The number of nitrogens with one attached hydrogen (secondary N) is 1. The molecular formula is C29H35FN4O4S. The third kappa shape index (κ3) is 8.11. The SMILES string of the molecule is CC(C)NC(=O)[C@H](Cc1ccccc1)N(Cc1ccccc1)C(=O)CN(c1ccc(F)cc1)S(=O)(=O)N(C)C. The smallest absolute Gasteiger partial charge is 0.304 e. The largest absolute Gasteiger partial charge is 0.352 e. The zero-order chi connectivity index (χ0) is 28.6. The molecule has 0 saturated carbocycles. The Bertz CT molecular complexity index is 1330. The Labute approximate surface area is 230 Å². The average molecular weight is 555 g/mol. The Kier molecular flexibility index (Phi) is 10.2. The standard InChI is InChI=1S/C29H35FN4O4S/c1-22(2)31-29(36)27(19-23-11-7-5-8-12-23)33(20-24-13-9-6-10-14-24)28(35)21-34(39(37,38)32(3)4)26-17-15-25(30)16-18-26/h5-18,22,27H,19-21H2,1-4H3,(H,31,36)/t27-/m0/s1. The zero-order valence-electron chi connectivity index (χ0n) is 22.6. The lowest BCUT2D eigenvalue weighted by molar-refractivity contribution is -0.140. The van der Waals surface area contributed by atoms with Crippen LogP contribution in [0.15, 0.2) is 84.9 Å². The Balaban J connectivity index is 2.06. The van der Waals surface area contributed by atoms with E-state index in [0.29, 0.717) is 0 Å². The normalized spacial score (nSPS) is 12.3. The van der Waals surface area contributed by atoms with Gasteiger partial charge in [-0.1, -0.05) is 60.7 Å². The summed E-state index contributed by atoms with van der Waals surface area (Å²) in [7, 11) is -1.43. The highest BCUT2D eigenvalue weighted by molar-refractivity contribution is 7.90. The van der Waals surface area contributed by atoms with Crippen molar-refractivity contribution in [3.8, 4) is 0 Å². The molecule has 0 aliphatic rings. The average Bonchev–Trinajstić information content (AvgIpc) is 2.90. The number of halogens is 1. The van der Waals surface area contributed by atoms with Crippen molar-refractivity contribution in [2.45, 2.75) is 38.9 Å². The molecule has 0 spiro atoms. The molecule has 3 rings (SSSR count). The molecule has 1 atom stereocenters. The van der Waals surface area contributed by atoms with E-state index in [2.05, 4.69) is 5.32 Å². The number of rotatable bonds is 12. The van der Waals surface area contributed by atoms with Gasteiger partial charge in [0.1, 0.15) is 18.4 Å². The van der Waals surface area contributed by atoms with Crippen molar-refractivity contribution < 1.29 is 22.4 Å². The number of anilines is 1. The molecule has 208 valence electrons. The third-order valence-electron chi connectivity index (χ3n) is 6.03. The van der Waals surface area contributed by atoms with E-state index < -0.39 is 34.5 Å². The van der Waals surface area contributed by atoms with E-state index in [-0.39, 0.29) is 30.6 Å². The van der Waals surface area contributed by atoms with Crippen molar-refractivity contribution in [2.75, 3.05) is 24.9 Å². The maximum atomic E-state index is 14.0. The number of hydrogen-bond acceptors (Lipinski definition) is 4. The first-order valence-electron chi connectivity index (χ1n) is 12.6. The predicted octanol–water partition coefficient (Wildman–Crippen LogP) is 3.60. The highest BCUT2D eigenvalue weighted by Crippen LogP contribution is 2.22. The van der Waals surface area contributed by atoms with Gasteiger partial charge in [-0.05, 0) is 49.2 Å². The molecule has 3 aromatic carbocycles. The van der Waals surface area contributed by atoms with Crippen molar-refractivity contribution in [3.63, 3.8) is 0 Å². The second-order valence-electron chi connectivity index (χ2n) is 9.65. The fourth-order valence-corrected chi connectivity index (χ4v) is 5.09. The maximum Gasteiger partial charge on any atom is 0.304 e. The minimum atomic E-state index is -4.13. The molecule has 0 unspecified atom stereocenters. The first-order chi connectivity index (χ1) is 18.5. The van der Waals surface area contributed by atoms with Gasteiger partial charge in [-0.25, -0.2) is 8.70 Å². The molecule has 0 aliphatic heterocycles. The molecule has 0 radical (unpaired) electrons. The lowest BCUT2D eigenvalue weighted by atomic mass is 10.0. The number of amides is 2. The van der Waals surface area contributed by atoms with Gasteiger partial charge in [-0.3, -0.25) is 9.59 Å². The molecular weight excluding hydrogens is 519 g/mol. The van der Waals surface area contributed by atoms with Crippen LogP contribution in [0.3, 0.4) is 0 Å². The monoisotopic (exact) mass is 554 g/mol. The molecule has 3 aromatic rings. The van der Waals surface area contributed by atoms with Crippen LogP contribution in [0.4, 0.5) is 10.1 Å². The summed E-state index contributed by atoms with van der Waals surface area (Å²) >= 11 is 0. The van der Waals surface area contributed by atoms with Crippen molar-refractivity contribution in [1.29, 1.82) is 0 Å². The van der Waals surface area contributed by atoms with Crippen LogP contribution >= 0.6 is 0 Å². The van der Waals surface area contributed by atoms with Crippen LogP contribution in [0.1, 0.15) is 25.0 Å². The van der Waals surface area contributed by atoms with Gasteiger partial charge in [0.2, 0.25) is 11.8 Å². The van der Waals surface area contributed by atoms with Crippen molar-refractivity contribution in [3.05, 3.63) is 102 Å². The first kappa shape index (κ1) is 29.8. The van der Waals surface area contributed by atoms with Gasteiger partial charge in [0.05, 0.1) is 5.69 Å². The number of benzene rings is 3. The fraction of sp³-hybridized carbons (Fsp3) is 0.310. The van der Waals surface area contributed by atoms with Gasteiger partial charge in [-0.15, -0.1) is 0 Å². The second kappa shape index (κ2) is 13.3. The number of carbonyl (C=O) groups excluding carboxylic acids is 2. The quantitative estimate of drug-likeness (QED) is 0.371. The lowest BCUT2D eigenvalue weighted by Crippen LogP contribution is -2.55. The molecule has 0 aromatic heterocycles. The molecule has 1 N–H and O–H groups in total. The minimum Gasteiger partial charge on any atom is -0.352 e. The van der Waals surface area contributed by atoms with Crippen molar-refractivity contribution in [1.82, 2.24) is 14.5 Å². The van der Waals surface area contributed by atoms with Gasteiger partial charge in [-0.2, -0.15) is 12.7 Å². The molecule has 2 amide bonds.